The molecule has 3 nitrogen and oxygen atoms in total. The first kappa shape index (κ1) is 13.2. The van der Waals surface area contributed by atoms with Gasteiger partial charge in [-0.1, -0.05) is 24.1 Å². The van der Waals surface area contributed by atoms with Crippen LogP contribution in [0.4, 0.5) is 0 Å². The van der Waals surface area contributed by atoms with E-state index in [4.69, 9.17) is 11.1 Å². The molecule has 0 amide bonds. The Labute approximate surface area is 97.6 Å². The van der Waals surface area contributed by atoms with Crippen LogP contribution >= 0.6 is 0 Å². The molecule has 0 fully saturated rings. The van der Waals surface area contributed by atoms with Gasteiger partial charge in [0.05, 0.1) is 11.5 Å². The molecule has 0 aromatic heterocycles. The Morgan fingerprint density at radius 2 is 1.81 bits per heavy atom. The van der Waals surface area contributed by atoms with Gasteiger partial charge in [-0.2, -0.15) is 8.42 Å². The lowest BCUT2D eigenvalue weighted by Crippen LogP contribution is -2.07. The molecule has 0 heterocycles. The number of unbranched alkanes of at least 4 members (excludes halogenated alkanes) is 2. The number of hydrogen-bond acceptors (Lipinski definition) is 3. The van der Waals surface area contributed by atoms with Crippen LogP contribution in [-0.2, 0) is 14.3 Å². The Morgan fingerprint density at radius 3 is 2.38 bits per heavy atom. The minimum Gasteiger partial charge on any atom is -0.266 e. The number of aryl methyl sites for hydroxylation is 1. The van der Waals surface area contributed by atoms with Gasteiger partial charge < -0.3 is 0 Å². The fourth-order valence-electron chi connectivity index (χ4n) is 1.19. The van der Waals surface area contributed by atoms with E-state index in [1.165, 1.54) is 0 Å². The summed E-state index contributed by atoms with van der Waals surface area (Å²) in [4.78, 5) is 0.200. The third kappa shape index (κ3) is 3.94. The van der Waals surface area contributed by atoms with E-state index in [0.717, 1.165) is 12.0 Å². The lowest BCUT2D eigenvalue weighted by Gasteiger charge is -2.05. The Hall–Kier alpha value is -0.870. The summed E-state index contributed by atoms with van der Waals surface area (Å²) in [7, 11) is -3.60. The van der Waals surface area contributed by atoms with Crippen molar-refractivity contribution < 1.29 is 12.6 Å². The fourth-order valence-corrected chi connectivity index (χ4v) is 2.13. The molecule has 4 heteroatoms. The molecule has 2 radical (unpaired) electrons. The van der Waals surface area contributed by atoms with E-state index in [1.54, 1.807) is 24.3 Å². The molecule has 16 heavy (non-hydrogen) atoms. The quantitative estimate of drug-likeness (QED) is 0.567. The highest BCUT2D eigenvalue weighted by atomic mass is 32.2. The van der Waals surface area contributed by atoms with Crippen LogP contribution in [-0.4, -0.2) is 15.0 Å². The average molecular weight is 240 g/mol. The van der Waals surface area contributed by atoms with Gasteiger partial charge in [-0.05, 0) is 38.8 Å². The van der Waals surface area contributed by atoms with Crippen molar-refractivity contribution in [1.29, 1.82) is 0 Å². The largest absolute Gasteiger partial charge is 0.296 e. The van der Waals surface area contributed by atoms with E-state index >= 15 is 0 Å². The minimum atomic E-state index is -3.60. The maximum absolute atomic E-state index is 11.7. The second-order valence-electron chi connectivity index (χ2n) is 3.58. The highest BCUT2D eigenvalue weighted by Crippen LogP contribution is 2.13. The van der Waals surface area contributed by atoms with Crippen molar-refractivity contribution in [2.45, 2.75) is 31.1 Å². The second kappa shape index (κ2) is 6.01. The Kier molecular flexibility index (Phi) is 4.96. The monoisotopic (exact) mass is 240 g/mol. The van der Waals surface area contributed by atoms with Crippen molar-refractivity contribution in [2.24, 2.45) is 0 Å². The van der Waals surface area contributed by atoms with Gasteiger partial charge in [-0.25, -0.2) is 0 Å². The summed E-state index contributed by atoms with van der Waals surface area (Å²) in [5.74, 6) is 0. The molecule has 88 valence electrons. The first-order valence-electron chi connectivity index (χ1n) is 5.22. The van der Waals surface area contributed by atoms with Crippen LogP contribution in [0.5, 0.6) is 0 Å². The van der Waals surface area contributed by atoms with Crippen LogP contribution in [0.15, 0.2) is 29.2 Å². The first-order valence-corrected chi connectivity index (χ1v) is 6.63. The molecule has 0 N–H and O–H groups in total. The molecule has 0 saturated carbocycles. The maximum Gasteiger partial charge on any atom is 0.296 e. The van der Waals surface area contributed by atoms with E-state index in [-0.39, 0.29) is 11.5 Å². The van der Waals surface area contributed by atoms with Crippen molar-refractivity contribution in [1.82, 2.24) is 0 Å². The molecule has 0 atom stereocenters. The molecular formula is C12H16O3S. The standard InChI is InChI=1S/C12H16O3S/c1-3-4-5-10-15-16(13,14)12-8-6-11(2)7-9-12/h1,6-9H,3-5,10H2,2H3. The lowest BCUT2D eigenvalue weighted by atomic mass is 10.2. The molecule has 0 aliphatic rings. The van der Waals surface area contributed by atoms with E-state index in [0.29, 0.717) is 12.8 Å². The van der Waals surface area contributed by atoms with Crippen LogP contribution in [0.25, 0.3) is 0 Å². The fraction of sp³-hybridized carbons (Fsp3) is 0.417. The van der Waals surface area contributed by atoms with Gasteiger partial charge in [0.1, 0.15) is 0 Å². The molecule has 0 bridgehead atoms. The van der Waals surface area contributed by atoms with Gasteiger partial charge in [-0.15, -0.1) is 0 Å². The molecule has 0 spiro atoms. The van der Waals surface area contributed by atoms with Gasteiger partial charge in [-0.3, -0.25) is 4.18 Å². The van der Waals surface area contributed by atoms with Crippen molar-refractivity contribution in [3.63, 3.8) is 0 Å². The highest BCUT2D eigenvalue weighted by molar-refractivity contribution is 7.86. The SMILES string of the molecule is [CH]CCCCOS(=O)(=O)c1ccc(C)cc1. The summed E-state index contributed by atoms with van der Waals surface area (Å²) in [5.41, 5.74) is 1.02. The smallest absolute Gasteiger partial charge is 0.266 e. The van der Waals surface area contributed by atoms with Crippen molar-refractivity contribution in [3.8, 4) is 0 Å². The zero-order chi connectivity index (χ0) is 12.0. The van der Waals surface area contributed by atoms with E-state index in [2.05, 4.69) is 0 Å². The van der Waals surface area contributed by atoms with Crippen LogP contribution in [0, 0.1) is 13.8 Å². The minimum absolute atomic E-state index is 0.188. The molecule has 1 rings (SSSR count). The summed E-state index contributed by atoms with van der Waals surface area (Å²) in [5, 5.41) is 0. The van der Waals surface area contributed by atoms with Gasteiger partial charge >= 0.3 is 0 Å². The van der Waals surface area contributed by atoms with Gasteiger partial charge in [0.15, 0.2) is 0 Å². The summed E-state index contributed by atoms with van der Waals surface area (Å²) in [6.07, 6.45) is 1.97. The predicted molar refractivity (Wildman–Crippen MR) is 62.5 cm³/mol. The van der Waals surface area contributed by atoms with Crippen LogP contribution in [0.2, 0.25) is 0 Å². The van der Waals surface area contributed by atoms with Gasteiger partial charge in [0.2, 0.25) is 0 Å². The summed E-state index contributed by atoms with van der Waals surface area (Å²) in [6, 6.07) is 6.59. The topological polar surface area (TPSA) is 43.4 Å². The van der Waals surface area contributed by atoms with Gasteiger partial charge in [0, 0.05) is 0 Å². The van der Waals surface area contributed by atoms with Gasteiger partial charge in [0.25, 0.3) is 10.1 Å². The average Bonchev–Trinajstić information content (AvgIpc) is 2.25. The zero-order valence-electron chi connectivity index (χ0n) is 9.35. The number of hydrogen-bond donors (Lipinski definition) is 0. The second-order valence-corrected chi connectivity index (χ2v) is 5.20. The van der Waals surface area contributed by atoms with E-state index in [9.17, 15) is 8.42 Å². The number of rotatable bonds is 6. The Bertz CT molecular complexity index is 406. The molecular weight excluding hydrogens is 224 g/mol. The summed E-state index contributed by atoms with van der Waals surface area (Å²) >= 11 is 0. The normalized spacial score (nSPS) is 11.6. The molecule has 0 aliphatic heterocycles. The Morgan fingerprint density at radius 1 is 1.19 bits per heavy atom. The molecule has 0 saturated heterocycles. The highest BCUT2D eigenvalue weighted by Gasteiger charge is 2.13. The Balaban J connectivity index is 2.60. The van der Waals surface area contributed by atoms with Crippen molar-refractivity contribution in [2.75, 3.05) is 6.61 Å². The van der Waals surface area contributed by atoms with Crippen LogP contribution < -0.4 is 0 Å². The summed E-state index contributed by atoms with van der Waals surface area (Å²) in [6.45, 7) is 7.39. The third-order valence-corrected chi connectivity index (χ3v) is 3.47. The van der Waals surface area contributed by atoms with Crippen LogP contribution in [0.1, 0.15) is 24.8 Å². The predicted octanol–water partition coefficient (Wildman–Crippen LogP) is 2.58. The van der Waals surface area contributed by atoms with E-state index in [1.807, 2.05) is 6.92 Å². The van der Waals surface area contributed by atoms with E-state index < -0.39 is 10.1 Å². The summed E-state index contributed by atoms with van der Waals surface area (Å²) < 4.78 is 28.2. The number of benzene rings is 1. The first-order chi connectivity index (χ1) is 7.56. The molecule has 1 aromatic carbocycles. The van der Waals surface area contributed by atoms with Crippen molar-refractivity contribution in [3.05, 3.63) is 36.8 Å². The molecule has 0 unspecified atom stereocenters. The molecule has 1 aromatic rings. The van der Waals surface area contributed by atoms with Crippen LogP contribution in [0.3, 0.4) is 0 Å². The zero-order valence-corrected chi connectivity index (χ0v) is 10.2. The maximum atomic E-state index is 11.7. The van der Waals surface area contributed by atoms with Crippen molar-refractivity contribution >= 4 is 10.1 Å². The third-order valence-electron chi connectivity index (χ3n) is 2.15. The lowest BCUT2D eigenvalue weighted by molar-refractivity contribution is 0.309. The molecule has 0 aliphatic carbocycles.